The lowest BCUT2D eigenvalue weighted by molar-refractivity contribution is 0.845. The molecule has 0 spiro atoms. The van der Waals surface area contributed by atoms with Gasteiger partial charge in [-0.05, 0) is 47.8 Å². The summed E-state index contributed by atoms with van der Waals surface area (Å²) in [4.78, 5) is 14.1. The number of anilines is 1. The van der Waals surface area contributed by atoms with Gasteiger partial charge in [-0.1, -0.05) is 66.5 Å². The van der Waals surface area contributed by atoms with Gasteiger partial charge in [0.15, 0.2) is 0 Å². The molecular weight excluding hydrogens is 371 g/mol. The molecule has 0 aliphatic rings. The molecule has 2 aromatic carbocycles. The first kappa shape index (κ1) is 19.3. The molecule has 0 radical (unpaired) electrons. The van der Waals surface area contributed by atoms with Crippen molar-refractivity contribution in [3.63, 3.8) is 0 Å². The molecule has 0 aliphatic carbocycles. The molecular formula is C22H23N2OPS. The molecule has 138 valence electrons. The van der Waals surface area contributed by atoms with Crippen molar-refractivity contribution >= 4 is 50.3 Å². The number of rotatable bonds is 6. The number of hydrogen-bond donors (Lipinski definition) is 2. The molecule has 1 unspecified atom stereocenters. The van der Waals surface area contributed by atoms with Gasteiger partial charge in [-0.3, -0.25) is 4.79 Å². The Morgan fingerprint density at radius 1 is 1.19 bits per heavy atom. The minimum absolute atomic E-state index is 0.0954. The fourth-order valence-corrected chi connectivity index (χ4v) is 3.79. The fourth-order valence-electron chi connectivity index (χ4n) is 2.86. The molecule has 3 N–H and O–H groups in total. The van der Waals surface area contributed by atoms with Crippen molar-refractivity contribution in [3.05, 3.63) is 84.8 Å². The van der Waals surface area contributed by atoms with Crippen LogP contribution in [0.15, 0.2) is 53.3 Å². The summed E-state index contributed by atoms with van der Waals surface area (Å²) in [5.41, 5.74) is 10.2. The smallest absolute Gasteiger partial charge is 0.305 e. The number of aromatic nitrogens is 1. The lowest BCUT2D eigenvalue weighted by Gasteiger charge is -2.05. The normalized spacial score (nSPS) is 12.1. The van der Waals surface area contributed by atoms with Gasteiger partial charge in [-0.25, -0.2) is 0 Å². The summed E-state index contributed by atoms with van der Waals surface area (Å²) in [6.07, 6.45) is 9.32. The minimum Gasteiger partial charge on any atom is -0.398 e. The number of thiazole rings is 1. The van der Waals surface area contributed by atoms with Crippen molar-refractivity contribution in [2.75, 3.05) is 5.73 Å². The van der Waals surface area contributed by atoms with Crippen LogP contribution in [0.3, 0.4) is 0 Å². The summed E-state index contributed by atoms with van der Waals surface area (Å²) in [5.74, 6) is 0. The van der Waals surface area contributed by atoms with Gasteiger partial charge < -0.3 is 10.7 Å². The van der Waals surface area contributed by atoms with E-state index in [9.17, 15) is 4.79 Å². The van der Waals surface area contributed by atoms with Crippen LogP contribution in [0.5, 0.6) is 0 Å². The summed E-state index contributed by atoms with van der Waals surface area (Å²) in [6.45, 7) is 3.88. The van der Waals surface area contributed by atoms with Crippen LogP contribution in [0.2, 0.25) is 0 Å². The highest BCUT2D eigenvalue weighted by atomic mass is 32.1. The van der Waals surface area contributed by atoms with Gasteiger partial charge >= 0.3 is 4.87 Å². The molecule has 0 aliphatic heterocycles. The number of hydrogen-bond acceptors (Lipinski definition) is 3. The molecule has 3 aromatic rings. The van der Waals surface area contributed by atoms with Crippen LogP contribution in [0.25, 0.3) is 18.7 Å². The van der Waals surface area contributed by atoms with E-state index in [1.54, 1.807) is 0 Å². The Kier molecular flexibility index (Phi) is 6.44. The highest BCUT2D eigenvalue weighted by Crippen LogP contribution is 2.20. The van der Waals surface area contributed by atoms with Crippen LogP contribution in [-0.2, 0) is 6.42 Å². The zero-order chi connectivity index (χ0) is 19.2. The van der Waals surface area contributed by atoms with Gasteiger partial charge in [0, 0.05) is 11.3 Å². The van der Waals surface area contributed by atoms with Crippen molar-refractivity contribution in [2.24, 2.45) is 0 Å². The second-order valence-electron chi connectivity index (χ2n) is 6.39. The molecule has 0 bridgehead atoms. The van der Waals surface area contributed by atoms with Crippen LogP contribution >= 0.6 is 20.6 Å². The van der Waals surface area contributed by atoms with Crippen molar-refractivity contribution in [1.82, 2.24) is 4.98 Å². The highest BCUT2D eigenvalue weighted by molar-refractivity contribution is 7.27. The zero-order valence-corrected chi connectivity index (χ0v) is 17.0. The number of H-pyrrole nitrogens is 1. The van der Waals surface area contributed by atoms with E-state index in [1.807, 2.05) is 24.3 Å². The molecule has 1 heterocycles. The van der Waals surface area contributed by atoms with E-state index in [0.717, 1.165) is 51.9 Å². The third-order valence-corrected chi connectivity index (χ3v) is 5.57. The molecule has 1 atom stereocenters. The molecule has 0 fully saturated rings. The first-order chi connectivity index (χ1) is 13.0. The largest absolute Gasteiger partial charge is 0.398 e. The van der Waals surface area contributed by atoms with E-state index < -0.39 is 0 Å². The summed E-state index contributed by atoms with van der Waals surface area (Å²) in [6, 6.07) is 14.4. The van der Waals surface area contributed by atoms with Crippen molar-refractivity contribution in [3.8, 4) is 0 Å². The predicted octanol–water partition coefficient (Wildman–Crippen LogP) is 2.79. The maximum atomic E-state index is 11.5. The van der Waals surface area contributed by atoms with Gasteiger partial charge in [0.05, 0.1) is 9.88 Å². The highest BCUT2D eigenvalue weighted by Gasteiger charge is 2.02. The maximum Gasteiger partial charge on any atom is 0.305 e. The number of benzene rings is 2. The second-order valence-corrected chi connectivity index (χ2v) is 8.07. The number of nitrogens with one attached hydrogen (secondary N) is 1. The number of nitrogen functional groups attached to an aromatic ring is 1. The van der Waals surface area contributed by atoms with Gasteiger partial charge in [-0.15, -0.1) is 9.24 Å². The van der Waals surface area contributed by atoms with E-state index in [2.05, 4.69) is 57.2 Å². The number of nitrogens with two attached hydrogens (primary N) is 1. The number of allylic oxidation sites excluding steroid dienone is 1. The standard InChI is InChI=1S/C22H23N2OPS/c1-15-21(27-22(25)24-15)14-17-7-5-9-20(23)19(17)8-4-2-3-6-16-10-12-18(26)13-11-16/h4-5,7-14H,1-3,6,23,26H2,(H,24,25)/b8-4-,21-14-. The van der Waals surface area contributed by atoms with Crippen LogP contribution in [0.4, 0.5) is 5.69 Å². The zero-order valence-electron chi connectivity index (χ0n) is 15.1. The second kappa shape index (κ2) is 8.98. The van der Waals surface area contributed by atoms with Crippen molar-refractivity contribution < 1.29 is 0 Å². The quantitative estimate of drug-likeness (QED) is 0.384. The summed E-state index contributed by atoms with van der Waals surface area (Å²) in [7, 11) is 2.71. The van der Waals surface area contributed by atoms with E-state index >= 15 is 0 Å². The lowest BCUT2D eigenvalue weighted by Crippen LogP contribution is -2.19. The van der Waals surface area contributed by atoms with Crippen LogP contribution in [0, 0.1) is 0 Å². The Hall–Kier alpha value is -2.42. The summed E-state index contributed by atoms with van der Waals surface area (Å²) >= 11 is 1.16. The Morgan fingerprint density at radius 3 is 2.67 bits per heavy atom. The third kappa shape index (κ3) is 5.29. The van der Waals surface area contributed by atoms with Gasteiger partial charge in [0.2, 0.25) is 0 Å². The molecule has 1 aromatic heterocycles. The Balaban J connectivity index is 1.73. The Labute approximate surface area is 165 Å². The Bertz CT molecular complexity index is 1110. The van der Waals surface area contributed by atoms with Crippen molar-refractivity contribution in [2.45, 2.75) is 19.3 Å². The van der Waals surface area contributed by atoms with E-state index in [0.29, 0.717) is 5.35 Å². The van der Waals surface area contributed by atoms with Crippen molar-refractivity contribution in [1.29, 1.82) is 0 Å². The van der Waals surface area contributed by atoms with Crippen LogP contribution in [-0.4, -0.2) is 4.98 Å². The van der Waals surface area contributed by atoms with E-state index in [-0.39, 0.29) is 4.87 Å². The maximum absolute atomic E-state index is 11.5. The molecule has 0 amide bonds. The first-order valence-corrected chi connectivity index (χ1v) is 10.2. The number of aromatic amines is 1. The van der Waals surface area contributed by atoms with Gasteiger partial charge in [0.25, 0.3) is 0 Å². The monoisotopic (exact) mass is 394 g/mol. The lowest BCUT2D eigenvalue weighted by atomic mass is 10.0. The molecule has 3 rings (SSSR count). The number of aryl methyl sites for hydroxylation is 1. The predicted molar refractivity (Wildman–Crippen MR) is 122 cm³/mol. The van der Waals surface area contributed by atoms with Gasteiger partial charge in [0.1, 0.15) is 0 Å². The SMILES string of the molecule is C=c1[nH]c(=O)s/c1=C\c1cccc(N)c1/C=C\CCCc1ccc(P)cc1. The molecule has 3 nitrogen and oxygen atoms in total. The van der Waals surface area contributed by atoms with Crippen LogP contribution < -0.4 is 25.8 Å². The van der Waals surface area contributed by atoms with Gasteiger partial charge in [-0.2, -0.15) is 0 Å². The van der Waals surface area contributed by atoms with E-state index in [4.69, 9.17) is 5.73 Å². The average molecular weight is 394 g/mol. The topological polar surface area (TPSA) is 58.9 Å². The number of unbranched alkanes of at least 4 members (excludes halogenated alkanes) is 1. The molecule has 0 saturated carbocycles. The first-order valence-electron chi connectivity index (χ1n) is 8.82. The minimum atomic E-state index is -0.0954. The Morgan fingerprint density at radius 2 is 1.96 bits per heavy atom. The summed E-state index contributed by atoms with van der Waals surface area (Å²) < 4.78 is 0.831. The molecule has 27 heavy (non-hydrogen) atoms. The third-order valence-electron chi connectivity index (χ3n) is 4.31. The van der Waals surface area contributed by atoms with E-state index in [1.165, 1.54) is 10.9 Å². The molecule has 0 saturated heterocycles. The average Bonchev–Trinajstić information content (AvgIpc) is 2.95. The fraction of sp³-hybridized carbons (Fsp3) is 0.136. The molecule has 5 heteroatoms. The summed E-state index contributed by atoms with van der Waals surface area (Å²) in [5, 5.41) is 1.85. The van der Waals surface area contributed by atoms with Crippen LogP contribution in [0.1, 0.15) is 29.5 Å².